The normalized spacial score (nSPS) is 25.1. The van der Waals surface area contributed by atoms with Crippen LogP contribution in [0.3, 0.4) is 0 Å². The average Bonchev–Trinajstić information content (AvgIpc) is 2.62. The van der Waals surface area contributed by atoms with Crippen molar-refractivity contribution in [1.29, 1.82) is 0 Å². The fourth-order valence-corrected chi connectivity index (χ4v) is 3.03. The minimum Gasteiger partial charge on any atom is -0.479 e. The van der Waals surface area contributed by atoms with E-state index in [4.69, 9.17) is 18.9 Å². The Bertz CT molecular complexity index is 541. The molecule has 5 atom stereocenters. The van der Waals surface area contributed by atoms with Crippen LogP contribution in [0.15, 0.2) is 24.0 Å². The van der Waals surface area contributed by atoms with Crippen LogP contribution in [0.2, 0.25) is 0 Å². The van der Waals surface area contributed by atoms with E-state index in [1.165, 1.54) is 14.0 Å². The van der Waals surface area contributed by atoms with Gasteiger partial charge >= 0.3 is 11.9 Å². The molecule has 0 saturated carbocycles. The molecule has 0 fully saturated rings. The van der Waals surface area contributed by atoms with Gasteiger partial charge in [-0.2, -0.15) is 0 Å². The number of allylic oxidation sites excluding steroid dienone is 1. The highest BCUT2D eigenvalue weighted by molar-refractivity contribution is 5.87. The highest BCUT2D eigenvalue weighted by atomic mass is 16.6. The molecule has 148 valence electrons. The second kappa shape index (κ2) is 10.3. The Balaban J connectivity index is 3.39. The maximum absolute atomic E-state index is 12.2. The van der Waals surface area contributed by atoms with Crippen molar-refractivity contribution >= 4 is 11.9 Å². The van der Waals surface area contributed by atoms with Crippen LogP contribution in [0.4, 0.5) is 0 Å². The van der Waals surface area contributed by atoms with Crippen molar-refractivity contribution < 1.29 is 38.7 Å². The van der Waals surface area contributed by atoms with E-state index in [0.717, 1.165) is 0 Å². The van der Waals surface area contributed by atoms with Crippen LogP contribution in [-0.4, -0.2) is 66.9 Å². The summed E-state index contributed by atoms with van der Waals surface area (Å²) in [4.78, 5) is 23.7. The van der Waals surface area contributed by atoms with Crippen LogP contribution in [-0.2, 0) is 28.5 Å². The first-order chi connectivity index (χ1) is 12.3. The number of aliphatic hydroxyl groups is 2. The third-order valence-corrected chi connectivity index (χ3v) is 4.16. The van der Waals surface area contributed by atoms with E-state index in [1.807, 2.05) is 6.92 Å². The van der Waals surface area contributed by atoms with Crippen LogP contribution in [0.25, 0.3) is 0 Å². The Hall–Kier alpha value is -1.90. The molecule has 0 aliphatic carbocycles. The van der Waals surface area contributed by atoms with Crippen LogP contribution in [0, 0.1) is 5.92 Å². The summed E-state index contributed by atoms with van der Waals surface area (Å²) in [5, 5.41) is 19.4. The number of esters is 2. The molecule has 0 amide bonds. The largest absolute Gasteiger partial charge is 0.479 e. The van der Waals surface area contributed by atoms with Crippen molar-refractivity contribution in [3.63, 3.8) is 0 Å². The highest BCUT2D eigenvalue weighted by Crippen LogP contribution is 2.36. The Morgan fingerprint density at radius 3 is 2.54 bits per heavy atom. The summed E-state index contributed by atoms with van der Waals surface area (Å²) in [5.41, 5.74) is 0.567. The molecule has 26 heavy (non-hydrogen) atoms. The average molecular weight is 372 g/mol. The van der Waals surface area contributed by atoms with Gasteiger partial charge in [0, 0.05) is 25.0 Å². The van der Waals surface area contributed by atoms with Gasteiger partial charge in [-0.25, -0.2) is 4.79 Å². The predicted octanol–water partition coefficient (Wildman–Crippen LogP) is 0.714. The van der Waals surface area contributed by atoms with Gasteiger partial charge in [0.15, 0.2) is 6.10 Å². The second-order valence-electron chi connectivity index (χ2n) is 5.98. The zero-order chi connectivity index (χ0) is 19.9. The maximum Gasteiger partial charge on any atom is 0.373 e. The van der Waals surface area contributed by atoms with Crippen LogP contribution in [0.5, 0.6) is 0 Å². The molecule has 0 aromatic carbocycles. The molecule has 1 aliphatic rings. The first-order valence-corrected chi connectivity index (χ1v) is 8.48. The van der Waals surface area contributed by atoms with Crippen LogP contribution >= 0.6 is 0 Å². The van der Waals surface area contributed by atoms with Gasteiger partial charge in [-0.05, 0) is 13.3 Å². The zero-order valence-corrected chi connectivity index (χ0v) is 15.6. The summed E-state index contributed by atoms with van der Waals surface area (Å²) >= 11 is 0. The van der Waals surface area contributed by atoms with Gasteiger partial charge < -0.3 is 29.2 Å². The van der Waals surface area contributed by atoms with E-state index < -0.39 is 43.0 Å². The van der Waals surface area contributed by atoms with E-state index in [1.54, 1.807) is 13.0 Å². The Labute approximate surface area is 153 Å². The molecule has 8 heteroatoms. The lowest BCUT2D eigenvalue weighted by Crippen LogP contribution is -2.53. The molecular formula is C18H28O8. The van der Waals surface area contributed by atoms with Gasteiger partial charge in [0.2, 0.25) is 5.76 Å². The third-order valence-electron chi connectivity index (χ3n) is 4.16. The smallest absolute Gasteiger partial charge is 0.373 e. The molecule has 8 nitrogen and oxygen atoms in total. The molecule has 0 aromatic rings. The first kappa shape index (κ1) is 22.1. The Kier molecular flexibility index (Phi) is 8.77. The molecule has 0 aromatic heterocycles. The minimum atomic E-state index is -1.38. The summed E-state index contributed by atoms with van der Waals surface area (Å²) in [6, 6.07) is 0. The molecular weight excluding hydrogens is 344 g/mol. The van der Waals surface area contributed by atoms with Gasteiger partial charge in [-0.1, -0.05) is 13.0 Å². The number of aliphatic hydroxyl groups excluding tert-OH is 2. The molecule has 0 saturated heterocycles. The Morgan fingerprint density at radius 2 is 2.08 bits per heavy atom. The number of methoxy groups -OCH3 is 1. The van der Waals surface area contributed by atoms with Gasteiger partial charge in [0.05, 0.1) is 19.8 Å². The summed E-state index contributed by atoms with van der Waals surface area (Å²) in [5.74, 6) is -1.80. The first-order valence-electron chi connectivity index (χ1n) is 8.48. The predicted molar refractivity (Wildman–Crippen MR) is 92.0 cm³/mol. The van der Waals surface area contributed by atoms with Crippen molar-refractivity contribution in [2.24, 2.45) is 5.92 Å². The van der Waals surface area contributed by atoms with Gasteiger partial charge in [-0.15, -0.1) is 6.58 Å². The number of carbonyl (C=O) groups is 2. The second-order valence-corrected chi connectivity index (χ2v) is 5.98. The van der Waals surface area contributed by atoms with E-state index >= 15 is 0 Å². The van der Waals surface area contributed by atoms with Crippen molar-refractivity contribution in [1.82, 2.24) is 0 Å². The van der Waals surface area contributed by atoms with E-state index in [0.29, 0.717) is 18.6 Å². The van der Waals surface area contributed by atoms with E-state index in [-0.39, 0.29) is 11.7 Å². The quantitative estimate of drug-likeness (QED) is 0.450. The number of ether oxygens (including phenoxy) is 4. The van der Waals surface area contributed by atoms with Crippen molar-refractivity contribution in [2.45, 2.75) is 51.6 Å². The molecule has 1 rings (SSSR count). The Morgan fingerprint density at radius 1 is 1.42 bits per heavy atom. The lowest BCUT2D eigenvalue weighted by atomic mass is 9.83. The maximum atomic E-state index is 12.2. The summed E-state index contributed by atoms with van der Waals surface area (Å²) in [7, 11) is 1.22. The van der Waals surface area contributed by atoms with Gasteiger partial charge in [-0.3, -0.25) is 4.79 Å². The number of hydrogen-bond donors (Lipinski definition) is 2. The standard InChI is InChI=1S/C18H28O8/c1-6-8-12-14(24-7-2)10(3)15(26-16(12)18(22)23-5)17(13(21)9-19)25-11(4)20/h6,10,13-15,17,19,21H,1,7-9H2,2-5H3/t10-,13-,14-,15-,17-/m1/s1. The molecule has 0 spiro atoms. The molecule has 0 unspecified atom stereocenters. The van der Waals surface area contributed by atoms with E-state index in [2.05, 4.69) is 6.58 Å². The topological polar surface area (TPSA) is 112 Å². The van der Waals surface area contributed by atoms with Crippen LogP contribution < -0.4 is 0 Å². The van der Waals surface area contributed by atoms with Crippen molar-refractivity contribution in [2.75, 3.05) is 20.3 Å². The highest BCUT2D eigenvalue weighted by Gasteiger charge is 2.46. The lowest BCUT2D eigenvalue weighted by Gasteiger charge is -2.41. The molecule has 0 bridgehead atoms. The molecule has 0 radical (unpaired) electrons. The fraction of sp³-hybridized carbons (Fsp3) is 0.667. The van der Waals surface area contributed by atoms with E-state index in [9.17, 15) is 19.8 Å². The van der Waals surface area contributed by atoms with Crippen molar-refractivity contribution in [3.05, 3.63) is 24.0 Å². The SMILES string of the molecule is C=CCC1=C(C(=O)OC)O[C@@H]([C@H](OC(C)=O)[C@H](O)CO)[C@H](C)[C@H]1OCC. The number of carbonyl (C=O) groups excluding carboxylic acids is 2. The molecule has 1 aliphatic heterocycles. The zero-order valence-electron chi connectivity index (χ0n) is 15.6. The minimum absolute atomic E-state index is 0.0590. The number of rotatable bonds is 9. The fourth-order valence-electron chi connectivity index (χ4n) is 3.03. The molecule has 1 heterocycles. The summed E-state index contributed by atoms with van der Waals surface area (Å²) in [6.45, 7) is 8.22. The van der Waals surface area contributed by atoms with Gasteiger partial charge in [0.25, 0.3) is 0 Å². The third kappa shape index (κ3) is 5.06. The monoisotopic (exact) mass is 372 g/mol. The van der Waals surface area contributed by atoms with Crippen molar-refractivity contribution in [3.8, 4) is 0 Å². The van der Waals surface area contributed by atoms with Gasteiger partial charge in [0.1, 0.15) is 12.2 Å². The lowest BCUT2D eigenvalue weighted by molar-refractivity contribution is -0.181. The summed E-state index contributed by atoms with van der Waals surface area (Å²) < 4.78 is 21.6. The molecule has 2 N–H and O–H groups in total. The van der Waals surface area contributed by atoms with Crippen LogP contribution in [0.1, 0.15) is 27.2 Å². The number of hydrogen-bond acceptors (Lipinski definition) is 8. The summed E-state index contributed by atoms with van der Waals surface area (Å²) in [6.07, 6.45) is -2.05.